The average molecular weight is 272 g/mol. The largest absolute Gasteiger partial charge is 0.300 e. The quantitative estimate of drug-likeness (QED) is 0.775. The molecule has 4 nitrogen and oxygen atoms in total. The van der Waals surface area contributed by atoms with E-state index in [1.54, 1.807) is 17.0 Å². The summed E-state index contributed by atoms with van der Waals surface area (Å²) in [6.07, 6.45) is 1.24. The molecule has 0 unspecified atom stereocenters. The monoisotopic (exact) mass is 272 g/mol. The van der Waals surface area contributed by atoms with E-state index in [9.17, 15) is 9.59 Å². The van der Waals surface area contributed by atoms with Crippen LogP contribution in [0.3, 0.4) is 0 Å². The van der Waals surface area contributed by atoms with Crippen molar-refractivity contribution in [3.8, 4) is 0 Å². The highest BCUT2D eigenvalue weighted by Gasteiger charge is 2.37. The van der Waals surface area contributed by atoms with Crippen molar-refractivity contribution in [3.05, 3.63) is 29.8 Å². The lowest BCUT2D eigenvalue weighted by Gasteiger charge is -2.37. The van der Waals surface area contributed by atoms with Gasteiger partial charge in [0.25, 0.3) is 5.78 Å². The van der Waals surface area contributed by atoms with Crippen molar-refractivity contribution in [2.24, 2.45) is 11.8 Å². The Hall–Kier alpha value is -1.68. The van der Waals surface area contributed by atoms with Gasteiger partial charge in [0.2, 0.25) is 0 Å². The van der Waals surface area contributed by atoms with Crippen LogP contribution in [0.5, 0.6) is 0 Å². The average Bonchev–Trinajstić information content (AvgIpc) is 2.64. The molecule has 1 saturated heterocycles. The molecule has 0 saturated carbocycles. The Balaban J connectivity index is 1.81. The summed E-state index contributed by atoms with van der Waals surface area (Å²) in [5, 5.41) is 0. The number of piperidine rings is 1. The molecule has 1 aromatic carbocycles. The molecule has 0 spiro atoms. The number of carbonyl (C=O) groups excluding carboxylic acids is 2. The number of hydrogen-bond donors (Lipinski definition) is 0. The molecule has 0 aromatic heterocycles. The number of ketones is 1. The number of anilines is 1. The molecular formula is C16H20N2O2. The van der Waals surface area contributed by atoms with Gasteiger partial charge in [-0.3, -0.25) is 19.4 Å². The molecule has 2 atom stereocenters. The number of carbonyl (C=O) groups is 2. The maximum atomic E-state index is 12.1. The number of benzene rings is 1. The number of nitrogens with zero attached hydrogens (tertiary/aromatic N) is 2. The first-order chi connectivity index (χ1) is 9.56. The van der Waals surface area contributed by atoms with E-state index >= 15 is 0 Å². The summed E-state index contributed by atoms with van der Waals surface area (Å²) in [6.45, 7) is 6.99. The van der Waals surface area contributed by atoms with Gasteiger partial charge < -0.3 is 0 Å². The highest BCUT2D eigenvalue weighted by Crippen LogP contribution is 2.30. The van der Waals surface area contributed by atoms with Crippen molar-refractivity contribution in [2.75, 3.05) is 24.7 Å². The van der Waals surface area contributed by atoms with Gasteiger partial charge in [-0.1, -0.05) is 26.0 Å². The van der Waals surface area contributed by atoms with E-state index in [-0.39, 0.29) is 5.78 Å². The fourth-order valence-electron chi connectivity index (χ4n) is 3.50. The Labute approximate surface area is 119 Å². The molecule has 0 aliphatic carbocycles. The first kappa shape index (κ1) is 13.3. The van der Waals surface area contributed by atoms with E-state index in [0.717, 1.165) is 18.8 Å². The molecule has 0 N–H and O–H groups in total. The van der Waals surface area contributed by atoms with Crippen LogP contribution in [0.2, 0.25) is 0 Å². The van der Waals surface area contributed by atoms with Crippen LogP contribution in [-0.2, 0) is 4.79 Å². The summed E-state index contributed by atoms with van der Waals surface area (Å²) < 4.78 is 0. The highest BCUT2D eigenvalue weighted by atomic mass is 16.2. The van der Waals surface area contributed by atoms with Crippen LogP contribution in [0.15, 0.2) is 24.3 Å². The summed E-state index contributed by atoms with van der Waals surface area (Å²) in [4.78, 5) is 28.0. The van der Waals surface area contributed by atoms with Gasteiger partial charge in [-0.05, 0) is 30.4 Å². The molecule has 106 valence electrons. The Morgan fingerprint density at radius 3 is 2.45 bits per heavy atom. The Bertz CT molecular complexity index is 545. The first-order valence-corrected chi connectivity index (χ1v) is 7.24. The number of fused-ring (bicyclic) bond motifs is 1. The van der Waals surface area contributed by atoms with Crippen molar-refractivity contribution in [3.63, 3.8) is 0 Å². The molecule has 1 fully saturated rings. The van der Waals surface area contributed by atoms with Crippen LogP contribution in [0.4, 0.5) is 5.69 Å². The summed E-state index contributed by atoms with van der Waals surface area (Å²) in [7, 11) is 0. The third kappa shape index (κ3) is 2.24. The van der Waals surface area contributed by atoms with E-state index < -0.39 is 5.91 Å². The summed E-state index contributed by atoms with van der Waals surface area (Å²) in [6, 6.07) is 7.27. The number of rotatable bonds is 2. The van der Waals surface area contributed by atoms with E-state index in [2.05, 4.69) is 18.7 Å². The lowest BCUT2D eigenvalue weighted by atomic mass is 9.92. The van der Waals surface area contributed by atoms with Gasteiger partial charge >= 0.3 is 5.91 Å². The number of amides is 1. The minimum absolute atomic E-state index is 0.376. The molecular weight excluding hydrogens is 252 g/mol. The SMILES string of the molecule is C[C@@H]1C[C@@H](C)CN(CN2C(=O)C(=O)c3ccccc32)C1. The molecule has 4 heteroatoms. The maximum Gasteiger partial charge on any atom is 0.300 e. The summed E-state index contributed by atoms with van der Waals surface area (Å²) in [5.74, 6) is 0.514. The van der Waals surface area contributed by atoms with E-state index in [1.165, 1.54) is 6.42 Å². The Kier molecular flexibility index (Phi) is 3.34. The van der Waals surface area contributed by atoms with Crippen LogP contribution >= 0.6 is 0 Å². The summed E-state index contributed by atoms with van der Waals surface area (Å²) in [5.41, 5.74) is 1.30. The third-order valence-corrected chi connectivity index (χ3v) is 4.16. The maximum absolute atomic E-state index is 12.1. The molecule has 2 heterocycles. The predicted molar refractivity (Wildman–Crippen MR) is 77.6 cm³/mol. The van der Waals surface area contributed by atoms with Gasteiger partial charge in [0.1, 0.15) is 0 Å². The van der Waals surface area contributed by atoms with Gasteiger partial charge in [0, 0.05) is 13.1 Å². The van der Waals surface area contributed by atoms with E-state index in [4.69, 9.17) is 0 Å². The lowest BCUT2D eigenvalue weighted by molar-refractivity contribution is -0.114. The molecule has 0 radical (unpaired) electrons. The Morgan fingerprint density at radius 1 is 1.10 bits per heavy atom. The van der Waals surface area contributed by atoms with Gasteiger partial charge in [-0.25, -0.2) is 0 Å². The molecule has 1 aromatic rings. The van der Waals surface area contributed by atoms with Gasteiger partial charge in [-0.2, -0.15) is 0 Å². The summed E-state index contributed by atoms with van der Waals surface area (Å²) >= 11 is 0. The zero-order chi connectivity index (χ0) is 14.3. The molecule has 20 heavy (non-hydrogen) atoms. The lowest BCUT2D eigenvalue weighted by Crippen LogP contribution is -2.47. The van der Waals surface area contributed by atoms with E-state index in [0.29, 0.717) is 24.1 Å². The van der Waals surface area contributed by atoms with Crippen molar-refractivity contribution < 1.29 is 9.59 Å². The zero-order valence-corrected chi connectivity index (χ0v) is 12.0. The zero-order valence-electron chi connectivity index (χ0n) is 12.0. The highest BCUT2D eigenvalue weighted by molar-refractivity contribution is 6.52. The normalized spacial score (nSPS) is 27.0. The van der Waals surface area contributed by atoms with Crippen molar-refractivity contribution in [1.29, 1.82) is 0 Å². The Morgan fingerprint density at radius 2 is 1.75 bits per heavy atom. The topological polar surface area (TPSA) is 40.6 Å². The number of likely N-dealkylation sites (tertiary alicyclic amines) is 1. The molecule has 2 aliphatic rings. The van der Waals surface area contributed by atoms with Crippen LogP contribution < -0.4 is 4.90 Å². The first-order valence-electron chi connectivity index (χ1n) is 7.24. The molecule has 1 amide bonds. The fourth-order valence-corrected chi connectivity index (χ4v) is 3.50. The second-order valence-corrected chi connectivity index (χ2v) is 6.20. The van der Waals surface area contributed by atoms with Gasteiger partial charge in [-0.15, -0.1) is 0 Å². The second-order valence-electron chi connectivity index (χ2n) is 6.20. The number of Topliss-reactive ketones (excluding diaryl/α,β-unsaturated/α-hetero) is 1. The van der Waals surface area contributed by atoms with Crippen molar-refractivity contribution in [2.45, 2.75) is 20.3 Å². The van der Waals surface area contributed by atoms with Crippen LogP contribution in [0.25, 0.3) is 0 Å². The third-order valence-electron chi connectivity index (χ3n) is 4.16. The van der Waals surface area contributed by atoms with E-state index in [1.807, 2.05) is 12.1 Å². The minimum atomic E-state index is -0.392. The second kappa shape index (κ2) is 5.02. The smallest absolute Gasteiger partial charge is 0.291 e. The van der Waals surface area contributed by atoms with Gasteiger partial charge in [0.15, 0.2) is 0 Å². The number of para-hydroxylation sites is 1. The van der Waals surface area contributed by atoms with Gasteiger partial charge in [0.05, 0.1) is 17.9 Å². The standard InChI is InChI=1S/C16H20N2O2/c1-11-7-12(2)9-17(8-11)10-18-14-6-4-3-5-13(14)15(19)16(18)20/h3-6,11-12H,7-10H2,1-2H3/t11-,12-/m1/s1. The van der Waals surface area contributed by atoms with Crippen LogP contribution in [-0.4, -0.2) is 36.3 Å². The van der Waals surface area contributed by atoms with Crippen molar-refractivity contribution in [1.82, 2.24) is 4.90 Å². The molecule has 0 bridgehead atoms. The van der Waals surface area contributed by atoms with Crippen molar-refractivity contribution >= 4 is 17.4 Å². The predicted octanol–water partition coefficient (Wildman–Crippen LogP) is 2.15. The molecule has 3 rings (SSSR count). The molecule has 2 aliphatic heterocycles. The number of hydrogen-bond acceptors (Lipinski definition) is 3. The fraction of sp³-hybridized carbons (Fsp3) is 0.500. The minimum Gasteiger partial charge on any atom is -0.291 e. The van der Waals surface area contributed by atoms with Crippen LogP contribution in [0.1, 0.15) is 30.6 Å². The van der Waals surface area contributed by atoms with Crippen LogP contribution in [0, 0.1) is 11.8 Å².